The molecule has 14 atom stereocenters. The minimum atomic E-state index is -2.51. The van der Waals surface area contributed by atoms with Crippen LogP contribution in [0.3, 0.4) is 0 Å². The van der Waals surface area contributed by atoms with E-state index in [4.69, 9.17) is 23.7 Å². The van der Waals surface area contributed by atoms with Gasteiger partial charge < -0.3 is 43.9 Å². The second-order valence-corrected chi connectivity index (χ2v) is 17.3. The van der Waals surface area contributed by atoms with Gasteiger partial charge in [-0.1, -0.05) is 44.6 Å². The standard InChI is InChI=1S/C44H69NO12/c1-10-13-31-19-25(2)18-26(3)20-37(54-8)40-38(55-9)22-28(5)44(52,57-40)41(49)42(50)45-17-12-11-14-32(45)43(51)56-39(29(6)34(47)24-35(31)48)27(4)21-30-15-16-33(46)36(23-30)53-7/h10,19,21,26,28-34,36-40,46-47,52H,1,11-18,20,22-24H2,2-9H3/b25-19?,27-21+/t26-,28+,29+,30-,31+,32?,33+,34?,36+,37-,38-,39+,40+,44+/m0/s1. The Morgan fingerprint density at radius 1 is 0.930 bits per heavy atom. The molecule has 2 unspecified atom stereocenters. The van der Waals surface area contributed by atoms with Gasteiger partial charge in [0.05, 0.1) is 30.5 Å². The maximum absolute atomic E-state index is 14.3. The zero-order valence-electron chi connectivity index (χ0n) is 35.4. The van der Waals surface area contributed by atoms with Crippen molar-refractivity contribution < 1.29 is 58.2 Å². The molecule has 2 bridgehead atoms. The van der Waals surface area contributed by atoms with Gasteiger partial charge in [-0.05, 0) is 95.5 Å². The highest BCUT2D eigenvalue weighted by Gasteiger charge is 2.56. The van der Waals surface area contributed by atoms with E-state index < -0.39 is 83.9 Å². The third kappa shape index (κ3) is 11.3. The van der Waals surface area contributed by atoms with Crippen LogP contribution in [0, 0.1) is 29.6 Å². The van der Waals surface area contributed by atoms with Gasteiger partial charge in [-0.3, -0.25) is 14.4 Å². The molecule has 3 aliphatic heterocycles. The Balaban J connectivity index is 1.78. The van der Waals surface area contributed by atoms with Crippen LogP contribution >= 0.6 is 0 Å². The third-order valence-electron chi connectivity index (χ3n) is 12.9. The molecule has 13 heteroatoms. The molecular weight excluding hydrogens is 734 g/mol. The normalized spacial score (nSPS) is 40.1. The van der Waals surface area contributed by atoms with Gasteiger partial charge in [-0.2, -0.15) is 0 Å². The maximum Gasteiger partial charge on any atom is 0.329 e. The number of rotatable bonds is 7. The van der Waals surface area contributed by atoms with Gasteiger partial charge in [0.1, 0.15) is 24.0 Å². The number of hydrogen-bond acceptors (Lipinski definition) is 12. The first kappa shape index (κ1) is 46.9. The number of ether oxygens (including phenoxy) is 5. The molecule has 0 aromatic carbocycles. The Kier molecular flexibility index (Phi) is 17.2. The molecule has 1 saturated carbocycles. The summed E-state index contributed by atoms with van der Waals surface area (Å²) in [5.41, 5.74) is 1.61. The highest BCUT2D eigenvalue weighted by Crippen LogP contribution is 2.39. The number of esters is 1. The molecule has 13 nitrogen and oxygen atoms in total. The second kappa shape index (κ2) is 21.0. The molecule has 0 aromatic heterocycles. The van der Waals surface area contributed by atoms with E-state index in [0.29, 0.717) is 56.9 Å². The van der Waals surface area contributed by atoms with E-state index in [-0.39, 0.29) is 49.5 Å². The summed E-state index contributed by atoms with van der Waals surface area (Å²) < 4.78 is 29.7. The summed E-state index contributed by atoms with van der Waals surface area (Å²) in [6.07, 6.45) is 4.93. The quantitative estimate of drug-likeness (QED) is 0.185. The van der Waals surface area contributed by atoms with E-state index in [1.807, 2.05) is 32.9 Å². The molecule has 2 saturated heterocycles. The first-order valence-electron chi connectivity index (χ1n) is 20.9. The average Bonchev–Trinajstić information content (AvgIpc) is 3.18. The average molecular weight is 804 g/mol. The number of nitrogens with zero attached hydrogens (tertiary/aromatic N) is 1. The number of ketones is 2. The third-order valence-corrected chi connectivity index (χ3v) is 12.9. The summed E-state index contributed by atoms with van der Waals surface area (Å²) in [6, 6.07) is -1.14. The number of hydrogen-bond donors (Lipinski definition) is 3. The summed E-state index contributed by atoms with van der Waals surface area (Å²) in [7, 11) is 4.61. The fourth-order valence-corrected chi connectivity index (χ4v) is 9.42. The van der Waals surface area contributed by atoms with Crippen LogP contribution in [0.5, 0.6) is 0 Å². The van der Waals surface area contributed by atoms with Crippen LogP contribution in [0.25, 0.3) is 0 Å². The number of carbonyl (C=O) groups is 4. The molecule has 3 heterocycles. The molecular formula is C44H69NO12. The number of methoxy groups -OCH3 is 3. The van der Waals surface area contributed by atoms with Crippen molar-refractivity contribution in [3.05, 3.63) is 36.0 Å². The van der Waals surface area contributed by atoms with E-state index in [2.05, 4.69) is 6.58 Å². The summed E-state index contributed by atoms with van der Waals surface area (Å²) in [6.45, 7) is 13.1. The van der Waals surface area contributed by atoms with Crippen molar-refractivity contribution >= 4 is 23.4 Å². The van der Waals surface area contributed by atoms with Crippen molar-refractivity contribution in [1.29, 1.82) is 0 Å². The SMILES string of the molecule is C=CC[C@@H]1C=C(C)C[C@H](C)C[C@H](OC)[C@H]2O[C@@](O)(C(=O)C(=O)N3CCCCC3C(=O)O[C@H](/C(C)=C/[C@@H]3CC[C@@H](O)[C@H](OC)C3)[C@H](C)C(O)CC1=O)[C@H](C)C[C@@H]2OC. The van der Waals surface area contributed by atoms with Crippen LogP contribution in [0.2, 0.25) is 0 Å². The Bertz CT molecular complexity index is 1480. The molecule has 0 aromatic rings. The molecule has 0 spiro atoms. The Hall–Kier alpha value is -2.78. The van der Waals surface area contributed by atoms with Crippen LogP contribution in [-0.4, -0.2) is 126 Å². The van der Waals surface area contributed by atoms with Gasteiger partial charge >= 0.3 is 5.97 Å². The highest BCUT2D eigenvalue weighted by molar-refractivity contribution is 6.39. The lowest BCUT2D eigenvalue weighted by atomic mass is 9.81. The van der Waals surface area contributed by atoms with Crippen molar-refractivity contribution in [2.24, 2.45) is 29.6 Å². The molecule has 57 heavy (non-hydrogen) atoms. The number of Topliss-reactive ketones (excluding diaryl/α,β-unsaturated/α-hetero) is 2. The lowest BCUT2D eigenvalue weighted by Gasteiger charge is -2.47. The fourth-order valence-electron chi connectivity index (χ4n) is 9.42. The van der Waals surface area contributed by atoms with E-state index in [1.54, 1.807) is 27.0 Å². The van der Waals surface area contributed by atoms with E-state index >= 15 is 0 Å². The smallest absolute Gasteiger partial charge is 0.329 e. The number of aliphatic hydroxyl groups excluding tert-OH is 2. The fraction of sp³-hybridized carbons (Fsp3) is 0.773. The Morgan fingerprint density at radius 3 is 2.25 bits per heavy atom. The highest BCUT2D eigenvalue weighted by atomic mass is 16.7. The number of piperidine rings is 1. The molecule has 3 N–H and O–H groups in total. The Labute approximate surface area is 339 Å². The molecule has 0 radical (unpaired) electrons. The number of carbonyl (C=O) groups excluding carboxylic acids is 4. The van der Waals surface area contributed by atoms with Crippen molar-refractivity contribution in [2.45, 2.75) is 160 Å². The zero-order valence-corrected chi connectivity index (χ0v) is 35.4. The van der Waals surface area contributed by atoms with Crippen molar-refractivity contribution in [2.75, 3.05) is 27.9 Å². The van der Waals surface area contributed by atoms with Crippen molar-refractivity contribution in [1.82, 2.24) is 4.90 Å². The number of cyclic esters (lactones) is 1. The summed E-state index contributed by atoms with van der Waals surface area (Å²) in [5.74, 6) is -7.76. The maximum atomic E-state index is 14.3. The van der Waals surface area contributed by atoms with Crippen LogP contribution in [-0.2, 0) is 42.9 Å². The van der Waals surface area contributed by atoms with Gasteiger partial charge in [0.25, 0.3) is 11.7 Å². The molecule has 4 rings (SSSR count). The van der Waals surface area contributed by atoms with Crippen LogP contribution in [0.1, 0.15) is 105 Å². The van der Waals surface area contributed by atoms with E-state index in [0.717, 1.165) is 5.57 Å². The first-order valence-corrected chi connectivity index (χ1v) is 20.9. The number of amides is 1. The van der Waals surface area contributed by atoms with Gasteiger partial charge in [0, 0.05) is 52.0 Å². The largest absolute Gasteiger partial charge is 0.456 e. The van der Waals surface area contributed by atoms with Crippen LogP contribution in [0.15, 0.2) is 36.0 Å². The van der Waals surface area contributed by atoms with Crippen molar-refractivity contribution in [3.63, 3.8) is 0 Å². The van der Waals surface area contributed by atoms with Gasteiger partial charge in [-0.25, -0.2) is 4.79 Å². The van der Waals surface area contributed by atoms with E-state index in [1.165, 1.54) is 19.1 Å². The predicted molar refractivity (Wildman–Crippen MR) is 213 cm³/mol. The van der Waals surface area contributed by atoms with Gasteiger partial charge in [0.2, 0.25) is 5.79 Å². The molecule has 4 aliphatic rings. The molecule has 322 valence electrons. The summed E-state index contributed by atoms with van der Waals surface area (Å²) in [4.78, 5) is 57.8. The summed E-state index contributed by atoms with van der Waals surface area (Å²) >= 11 is 0. The lowest BCUT2D eigenvalue weighted by molar-refractivity contribution is -0.302. The molecule has 3 fully saturated rings. The summed E-state index contributed by atoms with van der Waals surface area (Å²) in [5, 5.41) is 34.1. The Morgan fingerprint density at radius 2 is 1.60 bits per heavy atom. The van der Waals surface area contributed by atoms with Crippen LogP contribution < -0.4 is 0 Å². The molecule has 1 aliphatic carbocycles. The second-order valence-electron chi connectivity index (χ2n) is 17.3. The number of aliphatic hydroxyl groups is 3. The monoisotopic (exact) mass is 803 g/mol. The zero-order chi connectivity index (χ0) is 42.2. The number of fused-ring (bicyclic) bond motifs is 3. The topological polar surface area (TPSA) is 178 Å². The lowest BCUT2D eigenvalue weighted by Crippen LogP contribution is -2.64. The molecule has 1 amide bonds. The minimum absolute atomic E-state index is 0.00988. The van der Waals surface area contributed by atoms with Crippen LogP contribution in [0.4, 0.5) is 0 Å². The first-order chi connectivity index (χ1) is 27.0. The van der Waals surface area contributed by atoms with Crippen molar-refractivity contribution in [3.8, 4) is 0 Å². The van der Waals surface area contributed by atoms with Gasteiger partial charge in [-0.15, -0.1) is 6.58 Å². The minimum Gasteiger partial charge on any atom is -0.456 e. The number of allylic oxidation sites excluding steroid dienone is 4. The predicted octanol–water partition coefficient (Wildman–Crippen LogP) is 4.64. The van der Waals surface area contributed by atoms with E-state index in [9.17, 15) is 34.5 Å². The van der Waals surface area contributed by atoms with Gasteiger partial charge in [0.15, 0.2) is 0 Å².